The number of hydrogen-bond donors (Lipinski definition) is 1. The summed E-state index contributed by atoms with van der Waals surface area (Å²) in [5, 5.41) is 3.90. The number of halogens is 1. The quantitative estimate of drug-likeness (QED) is 0.720. The number of nitrogens with zero attached hydrogens (tertiary/aromatic N) is 2. The highest BCUT2D eigenvalue weighted by Gasteiger charge is 2.36. The third-order valence-corrected chi connectivity index (χ3v) is 6.44. The van der Waals surface area contributed by atoms with Gasteiger partial charge in [-0.3, -0.25) is 14.5 Å². The van der Waals surface area contributed by atoms with Crippen LogP contribution in [-0.4, -0.2) is 54.3 Å². The lowest BCUT2D eigenvalue weighted by atomic mass is 9.95. The van der Waals surface area contributed by atoms with E-state index < -0.39 is 0 Å². The second-order valence-corrected chi connectivity index (χ2v) is 8.28. The van der Waals surface area contributed by atoms with Gasteiger partial charge in [-0.05, 0) is 50.4 Å². The number of rotatable bonds is 8. The van der Waals surface area contributed by atoms with Crippen molar-refractivity contribution in [1.29, 1.82) is 0 Å². The lowest BCUT2D eigenvalue weighted by Gasteiger charge is -2.33. The number of carbonyl (C=O) groups excluding carboxylic acids is 2. The molecule has 1 heterocycles. The fraction of sp³-hybridized carbons (Fsp3) is 0.636. The molecule has 1 N–H and O–H groups in total. The summed E-state index contributed by atoms with van der Waals surface area (Å²) >= 11 is 6.44. The van der Waals surface area contributed by atoms with Crippen molar-refractivity contribution in [3.63, 3.8) is 0 Å². The standard InChI is InChI=1S/C22H32ClN3O2/c1-3-25(4-2)20(18-7-5-6-8-19(18)23)15-24-21(27)16-11-13-26(14-12-16)22(28)17-9-10-17/h5-8,16-17,20H,3-4,9-15H2,1-2H3,(H,24,27)/t20-/m1/s1. The van der Waals surface area contributed by atoms with Crippen LogP contribution in [0.5, 0.6) is 0 Å². The van der Waals surface area contributed by atoms with Gasteiger partial charge in [0.15, 0.2) is 0 Å². The van der Waals surface area contributed by atoms with Crippen molar-refractivity contribution in [3.05, 3.63) is 34.9 Å². The van der Waals surface area contributed by atoms with Crippen LogP contribution in [0.15, 0.2) is 24.3 Å². The Morgan fingerprint density at radius 1 is 1.11 bits per heavy atom. The summed E-state index contributed by atoms with van der Waals surface area (Å²) < 4.78 is 0. The van der Waals surface area contributed by atoms with Crippen LogP contribution in [-0.2, 0) is 9.59 Å². The smallest absolute Gasteiger partial charge is 0.225 e. The van der Waals surface area contributed by atoms with E-state index in [-0.39, 0.29) is 23.8 Å². The van der Waals surface area contributed by atoms with Crippen LogP contribution < -0.4 is 5.32 Å². The molecule has 0 radical (unpaired) electrons. The zero-order chi connectivity index (χ0) is 20.1. The maximum Gasteiger partial charge on any atom is 0.225 e. The molecule has 1 aliphatic heterocycles. The monoisotopic (exact) mass is 405 g/mol. The highest BCUT2D eigenvalue weighted by molar-refractivity contribution is 6.31. The van der Waals surface area contributed by atoms with E-state index >= 15 is 0 Å². The molecule has 1 atom stereocenters. The predicted octanol–water partition coefficient (Wildman–Crippen LogP) is 3.49. The molecule has 2 fully saturated rings. The summed E-state index contributed by atoms with van der Waals surface area (Å²) in [6.07, 6.45) is 3.58. The maximum atomic E-state index is 12.8. The molecule has 1 aliphatic carbocycles. The minimum Gasteiger partial charge on any atom is -0.354 e. The molecule has 28 heavy (non-hydrogen) atoms. The summed E-state index contributed by atoms with van der Waals surface area (Å²) in [7, 11) is 0. The third-order valence-electron chi connectivity index (χ3n) is 6.09. The lowest BCUT2D eigenvalue weighted by molar-refractivity contribution is -0.136. The molecule has 1 aromatic carbocycles. The average Bonchev–Trinajstić information content (AvgIpc) is 3.56. The maximum absolute atomic E-state index is 12.8. The summed E-state index contributed by atoms with van der Waals surface area (Å²) in [5.41, 5.74) is 1.05. The Morgan fingerprint density at radius 3 is 2.32 bits per heavy atom. The number of nitrogens with one attached hydrogen (secondary N) is 1. The van der Waals surface area contributed by atoms with Crippen LogP contribution in [0, 0.1) is 11.8 Å². The minimum absolute atomic E-state index is 0.00754. The topological polar surface area (TPSA) is 52.7 Å². The Balaban J connectivity index is 1.56. The first-order chi connectivity index (χ1) is 13.5. The van der Waals surface area contributed by atoms with Crippen LogP contribution >= 0.6 is 11.6 Å². The molecule has 154 valence electrons. The number of amides is 2. The summed E-state index contributed by atoms with van der Waals surface area (Å²) in [6, 6.07) is 7.93. The van der Waals surface area contributed by atoms with E-state index in [1.54, 1.807) is 0 Å². The van der Waals surface area contributed by atoms with E-state index in [2.05, 4.69) is 24.1 Å². The van der Waals surface area contributed by atoms with E-state index in [0.29, 0.717) is 25.5 Å². The zero-order valence-electron chi connectivity index (χ0n) is 17.0. The molecule has 0 aromatic heterocycles. The minimum atomic E-state index is -0.00754. The highest BCUT2D eigenvalue weighted by Crippen LogP contribution is 2.32. The Morgan fingerprint density at radius 2 is 1.75 bits per heavy atom. The van der Waals surface area contributed by atoms with E-state index in [4.69, 9.17) is 11.6 Å². The van der Waals surface area contributed by atoms with Gasteiger partial charge in [-0.2, -0.15) is 0 Å². The van der Waals surface area contributed by atoms with Crippen molar-refractivity contribution < 1.29 is 9.59 Å². The number of likely N-dealkylation sites (N-methyl/N-ethyl adjacent to an activating group) is 1. The van der Waals surface area contributed by atoms with Gasteiger partial charge < -0.3 is 10.2 Å². The molecular weight excluding hydrogens is 374 g/mol. The molecule has 1 saturated heterocycles. The van der Waals surface area contributed by atoms with Crippen LogP contribution in [0.1, 0.15) is 51.1 Å². The summed E-state index contributed by atoms with van der Waals surface area (Å²) in [5.74, 6) is 0.643. The lowest BCUT2D eigenvalue weighted by Crippen LogP contribution is -2.45. The van der Waals surface area contributed by atoms with Gasteiger partial charge in [0.25, 0.3) is 0 Å². The second-order valence-electron chi connectivity index (χ2n) is 7.88. The van der Waals surface area contributed by atoms with Gasteiger partial charge in [0, 0.05) is 36.5 Å². The van der Waals surface area contributed by atoms with E-state index in [0.717, 1.165) is 49.4 Å². The van der Waals surface area contributed by atoms with Gasteiger partial charge in [-0.15, -0.1) is 0 Å². The van der Waals surface area contributed by atoms with Crippen LogP contribution in [0.4, 0.5) is 0 Å². The highest BCUT2D eigenvalue weighted by atomic mass is 35.5. The fourth-order valence-corrected chi connectivity index (χ4v) is 4.40. The van der Waals surface area contributed by atoms with Crippen molar-refractivity contribution in [2.45, 2.75) is 45.6 Å². The summed E-state index contributed by atoms with van der Waals surface area (Å²) in [4.78, 5) is 29.2. The Labute approximate surface area is 173 Å². The van der Waals surface area contributed by atoms with Crippen LogP contribution in [0.3, 0.4) is 0 Å². The predicted molar refractivity (Wildman–Crippen MR) is 112 cm³/mol. The molecule has 3 rings (SSSR count). The molecule has 2 amide bonds. The molecular formula is C22H32ClN3O2. The van der Waals surface area contributed by atoms with Crippen molar-refractivity contribution >= 4 is 23.4 Å². The second kappa shape index (κ2) is 9.75. The zero-order valence-corrected chi connectivity index (χ0v) is 17.8. The van der Waals surface area contributed by atoms with Crippen molar-refractivity contribution in [1.82, 2.24) is 15.1 Å². The van der Waals surface area contributed by atoms with Gasteiger partial charge in [0.05, 0.1) is 6.04 Å². The van der Waals surface area contributed by atoms with E-state index in [1.807, 2.05) is 29.2 Å². The number of piperidine rings is 1. The number of carbonyl (C=O) groups is 2. The molecule has 6 heteroatoms. The molecule has 2 aliphatic rings. The molecule has 0 bridgehead atoms. The fourth-order valence-electron chi connectivity index (χ4n) is 4.14. The number of benzene rings is 1. The third kappa shape index (κ3) is 5.06. The van der Waals surface area contributed by atoms with Crippen LogP contribution in [0.25, 0.3) is 0 Å². The molecule has 1 aromatic rings. The van der Waals surface area contributed by atoms with Crippen molar-refractivity contribution in [2.75, 3.05) is 32.7 Å². The number of hydrogen-bond acceptors (Lipinski definition) is 3. The molecule has 0 unspecified atom stereocenters. The van der Waals surface area contributed by atoms with Crippen molar-refractivity contribution in [3.8, 4) is 0 Å². The first kappa shape index (κ1) is 21.1. The van der Waals surface area contributed by atoms with Crippen LogP contribution in [0.2, 0.25) is 5.02 Å². The number of likely N-dealkylation sites (tertiary alicyclic amines) is 1. The van der Waals surface area contributed by atoms with Gasteiger partial charge >= 0.3 is 0 Å². The molecule has 1 saturated carbocycles. The average molecular weight is 406 g/mol. The normalized spacial score (nSPS) is 18.9. The molecule has 5 nitrogen and oxygen atoms in total. The van der Waals surface area contributed by atoms with E-state index in [1.165, 1.54) is 0 Å². The largest absolute Gasteiger partial charge is 0.354 e. The first-order valence-electron chi connectivity index (χ1n) is 10.6. The van der Waals surface area contributed by atoms with Gasteiger partial charge in [-0.25, -0.2) is 0 Å². The van der Waals surface area contributed by atoms with E-state index in [9.17, 15) is 9.59 Å². The van der Waals surface area contributed by atoms with Gasteiger partial charge in [0.2, 0.25) is 11.8 Å². The summed E-state index contributed by atoms with van der Waals surface area (Å²) in [6.45, 7) is 8.00. The van der Waals surface area contributed by atoms with Gasteiger partial charge in [0.1, 0.15) is 0 Å². The van der Waals surface area contributed by atoms with Crippen molar-refractivity contribution in [2.24, 2.45) is 11.8 Å². The first-order valence-corrected chi connectivity index (χ1v) is 11.0. The molecule has 0 spiro atoms. The SMILES string of the molecule is CCN(CC)[C@H](CNC(=O)C1CCN(C(=O)C2CC2)CC1)c1ccccc1Cl. The van der Waals surface area contributed by atoms with Gasteiger partial charge in [-0.1, -0.05) is 43.6 Å². The Hall–Kier alpha value is -1.59. The Bertz CT molecular complexity index is 680. The Kier molecular flexibility index (Phi) is 7.36.